The van der Waals surface area contributed by atoms with Gasteiger partial charge in [0.15, 0.2) is 0 Å². The SMILES string of the molecule is CCNCc1cnn(-c2ncccn2)c1-c1ccccc1. The lowest BCUT2D eigenvalue weighted by atomic mass is 10.1. The van der Waals surface area contributed by atoms with Crippen LogP contribution in [0.4, 0.5) is 0 Å². The molecule has 0 fully saturated rings. The van der Waals surface area contributed by atoms with Crippen LogP contribution in [-0.2, 0) is 6.54 Å². The van der Waals surface area contributed by atoms with Gasteiger partial charge in [0.05, 0.1) is 11.9 Å². The predicted molar refractivity (Wildman–Crippen MR) is 82.0 cm³/mol. The molecule has 21 heavy (non-hydrogen) atoms. The first-order valence-corrected chi connectivity index (χ1v) is 7.00. The third kappa shape index (κ3) is 2.83. The molecule has 0 unspecified atom stereocenters. The van der Waals surface area contributed by atoms with Crippen molar-refractivity contribution in [2.24, 2.45) is 0 Å². The standard InChI is InChI=1S/C16H17N5/c1-2-17-11-14-12-20-21(16-18-9-6-10-19-16)15(14)13-7-4-3-5-8-13/h3-10,12,17H,2,11H2,1H3. The van der Waals surface area contributed by atoms with Crippen LogP contribution in [0.5, 0.6) is 0 Å². The number of benzene rings is 1. The van der Waals surface area contributed by atoms with Crippen LogP contribution in [-0.4, -0.2) is 26.3 Å². The van der Waals surface area contributed by atoms with E-state index >= 15 is 0 Å². The van der Waals surface area contributed by atoms with Crippen molar-refractivity contribution in [2.75, 3.05) is 6.54 Å². The van der Waals surface area contributed by atoms with Crippen molar-refractivity contribution in [3.05, 3.63) is 60.6 Å². The van der Waals surface area contributed by atoms with E-state index < -0.39 is 0 Å². The lowest BCUT2D eigenvalue weighted by molar-refractivity contribution is 0.727. The lowest BCUT2D eigenvalue weighted by Crippen LogP contribution is -2.12. The Morgan fingerprint density at radius 3 is 2.52 bits per heavy atom. The molecular formula is C16H17N5. The Kier molecular flexibility index (Phi) is 4.02. The third-order valence-electron chi connectivity index (χ3n) is 3.20. The maximum atomic E-state index is 4.47. The zero-order valence-electron chi connectivity index (χ0n) is 11.9. The minimum Gasteiger partial charge on any atom is -0.313 e. The summed E-state index contributed by atoms with van der Waals surface area (Å²) in [5.41, 5.74) is 3.27. The zero-order chi connectivity index (χ0) is 14.5. The van der Waals surface area contributed by atoms with E-state index in [1.54, 1.807) is 23.1 Å². The van der Waals surface area contributed by atoms with Crippen LogP contribution in [0.2, 0.25) is 0 Å². The topological polar surface area (TPSA) is 55.6 Å². The van der Waals surface area contributed by atoms with Gasteiger partial charge >= 0.3 is 0 Å². The highest BCUT2D eigenvalue weighted by Gasteiger charge is 2.15. The Balaban J connectivity index is 2.11. The van der Waals surface area contributed by atoms with Gasteiger partial charge in [-0.2, -0.15) is 9.78 Å². The van der Waals surface area contributed by atoms with E-state index in [0.29, 0.717) is 5.95 Å². The van der Waals surface area contributed by atoms with Crippen molar-refractivity contribution in [2.45, 2.75) is 13.5 Å². The lowest BCUT2D eigenvalue weighted by Gasteiger charge is -2.09. The van der Waals surface area contributed by atoms with Crippen molar-refractivity contribution < 1.29 is 0 Å². The second-order valence-corrected chi connectivity index (χ2v) is 4.63. The minimum atomic E-state index is 0.583. The number of nitrogens with one attached hydrogen (secondary N) is 1. The number of rotatable bonds is 5. The van der Waals surface area contributed by atoms with Gasteiger partial charge in [-0.05, 0) is 12.6 Å². The van der Waals surface area contributed by atoms with Crippen LogP contribution in [0.25, 0.3) is 17.2 Å². The molecule has 2 heterocycles. The Hall–Kier alpha value is -2.53. The molecule has 0 aliphatic heterocycles. The molecule has 0 aliphatic rings. The van der Waals surface area contributed by atoms with E-state index in [2.05, 4.69) is 39.4 Å². The van der Waals surface area contributed by atoms with Crippen LogP contribution in [0.15, 0.2) is 55.0 Å². The maximum absolute atomic E-state index is 4.47. The number of nitrogens with zero attached hydrogens (tertiary/aromatic N) is 4. The van der Waals surface area contributed by atoms with Gasteiger partial charge in [0.2, 0.25) is 0 Å². The van der Waals surface area contributed by atoms with Crippen molar-refractivity contribution >= 4 is 0 Å². The van der Waals surface area contributed by atoms with Crippen molar-refractivity contribution in [1.82, 2.24) is 25.1 Å². The first-order chi connectivity index (χ1) is 10.4. The molecule has 3 rings (SSSR count). The molecule has 1 aromatic carbocycles. The predicted octanol–water partition coefficient (Wildman–Crippen LogP) is 2.44. The normalized spacial score (nSPS) is 10.7. The summed E-state index contributed by atoms with van der Waals surface area (Å²) in [6.07, 6.45) is 5.33. The Bertz CT molecular complexity index is 691. The summed E-state index contributed by atoms with van der Waals surface area (Å²) in [6, 6.07) is 12.0. The summed E-state index contributed by atoms with van der Waals surface area (Å²) in [6.45, 7) is 3.78. The molecule has 0 spiro atoms. The summed E-state index contributed by atoms with van der Waals surface area (Å²) in [5, 5.41) is 7.81. The molecular weight excluding hydrogens is 262 g/mol. The Morgan fingerprint density at radius 2 is 1.81 bits per heavy atom. The van der Waals surface area contributed by atoms with Crippen LogP contribution >= 0.6 is 0 Å². The summed E-state index contributed by atoms with van der Waals surface area (Å²) in [5.74, 6) is 0.583. The summed E-state index contributed by atoms with van der Waals surface area (Å²) in [7, 11) is 0. The highest BCUT2D eigenvalue weighted by molar-refractivity contribution is 5.64. The van der Waals surface area contributed by atoms with E-state index in [1.165, 1.54) is 0 Å². The van der Waals surface area contributed by atoms with Crippen LogP contribution in [0, 0.1) is 0 Å². The van der Waals surface area contributed by atoms with E-state index in [4.69, 9.17) is 0 Å². The number of hydrogen-bond donors (Lipinski definition) is 1. The molecule has 3 aromatic rings. The second-order valence-electron chi connectivity index (χ2n) is 4.63. The van der Waals surface area contributed by atoms with Gasteiger partial charge in [-0.15, -0.1) is 0 Å². The van der Waals surface area contributed by atoms with Gasteiger partial charge in [0.1, 0.15) is 0 Å². The average molecular weight is 279 g/mol. The van der Waals surface area contributed by atoms with Crippen molar-refractivity contribution in [1.29, 1.82) is 0 Å². The van der Waals surface area contributed by atoms with Gasteiger partial charge in [-0.3, -0.25) is 0 Å². The molecule has 0 bridgehead atoms. The molecule has 2 aromatic heterocycles. The summed E-state index contributed by atoms with van der Waals surface area (Å²) >= 11 is 0. The molecule has 106 valence electrons. The summed E-state index contributed by atoms with van der Waals surface area (Å²) < 4.78 is 1.79. The van der Waals surface area contributed by atoms with Gasteiger partial charge in [-0.1, -0.05) is 37.3 Å². The van der Waals surface area contributed by atoms with Gasteiger partial charge in [-0.25, -0.2) is 9.97 Å². The van der Waals surface area contributed by atoms with E-state index in [0.717, 1.165) is 29.9 Å². The maximum Gasteiger partial charge on any atom is 0.251 e. The number of hydrogen-bond acceptors (Lipinski definition) is 4. The van der Waals surface area contributed by atoms with Gasteiger partial charge in [0.25, 0.3) is 5.95 Å². The summed E-state index contributed by atoms with van der Waals surface area (Å²) in [4.78, 5) is 8.60. The highest BCUT2D eigenvalue weighted by Crippen LogP contribution is 2.25. The number of aromatic nitrogens is 4. The fourth-order valence-electron chi connectivity index (χ4n) is 2.23. The average Bonchev–Trinajstić information content (AvgIpc) is 2.98. The molecule has 0 atom stereocenters. The largest absolute Gasteiger partial charge is 0.313 e. The van der Waals surface area contributed by atoms with Crippen LogP contribution in [0.1, 0.15) is 12.5 Å². The van der Waals surface area contributed by atoms with Gasteiger partial charge in [0, 0.05) is 30.1 Å². The smallest absolute Gasteiger partial charge is 0.251 e. The minimum absolute atomic E-state index is 0.583. The molecule has 5 nitrogen and oxygen atoms in total. The fraction of sp³-hybridized carbons (Fsp3) is 0.188. The highest BCUT2D eigenvalue weighted by atomic mass is 15.3. The first-order valence-electron chi connectivity index (χ1n) is 7.00. The molecule has 1 N–H and O–H groups in total. The molecule has 0 aliphatic carbocycles. The fourth-order valence-corrected chi connectivity index (χ4v) is 2.23. The van der Waals surface area contributed by atoms with Crippen molar-refractivity contribution in [3.63, 3.8) is 0 Å². The quantitative estimate of drug-likeness (QED) is 0.779. The van der Waals surface area contributed by atoms with Gasteiger partial charge < -0.3 is 5.32 Å². The Morgan fingerprint density at radius 1 is 1.05 bits per heavy atom. The first kappa shape index (κ1) is 13.5. The third-order valence-corrected chi connectivity index (χ3v) is 3.20. The monoisotopic (exact) mass is 279 g/mol. The van der Waals surface area contributed by atoms with E-state index in [1.807, 2.05) is 24.4 Å². The second kappa shape index (κ2) is 6.28. The zero-order valence-corrected chi connectivity index (χ0v) is 11.9. The van der Waals surface area contributed by atoms with E-state index in [-0.39, 0.29) is 0 Å². The molecule has 0 amide bonds. The molecule has 0 saturated heterocycles. The van der Waals surface area contributed by atoms with Crippen molar-refractivity contribution in [3.8, 4) is 17.2 Å². The van der Waals surface area contributed by atoms with E-state index in [9.17, 15) is 0 Å². The molecule has 0 radical (unpaired) electrons. The Labute approximate surface area is 123 Å². The molecule has 5 heteroatoms. The van der Waals surface area contributed by atoms with Crippen LogP contribution in [0.3, 0.4) is 0 Å². The van der Waals surface area contributed by atoms with Crippen LogP contribution < -0.4 is 5.32 Å². The molecule has 0 saturated carbocycles.